The zero-order valence-electron chi connectivity index (χ0n) is 8.92. The van der Waals surface area contributed by atoms with Crippen molar-refractivity contribution in [3.63, 3.8) is 0 Å². The van der Waals surface area contributed by atoms with Gasteiger partial charge in [0.1, 0.15) is 0 Å². The van der Waals surface area contributed by atoms with Gasteiger partial charge in [-0.3, -0.25) is 4.99 Å². The van der Waals surface area contributed by atoms with Crippen LogP contribution in [0.1, 0.15) is 25.7 Å². The Balaban J connectivity index is 1.80. The first-order valence-electron chi connectivity index (χ1n) is 5.33. The molecule has 0 aromatic heterocycles. The molecule has 0 atom stereocenters. The summed E-state index contributed by atoms with van der Waals surface area (Å²) < 4.78 is 0. The molecular formula is C10H20N2S2. The molecule has 0 saturated heterocycles. The van der Waals surface area contributed by atoms with Gasteiger partial charge in [0.15, 0.2) is 5.17 Å². The fraction of sp³-hybridized carbons (Fsp3) is 0.900. The summed E-state index contributed by atoms with van der Waals surface area (Å²) in [4.78, 5) is 4.35. The van der Waals surface area contributed by atoms with Crippen LogP contribution in [0.25, 0.3) is 0 Å². The molecular weight excluding hydrogens is 212 g/mol. The van der Waals surface area contributed by atoms with Gasteiger partial charge in [0.05, 0.1) is 6.54 Å². The van der Waals surface area contributed by atoms with Gasteiger partial charge in [-0.05, 0) is 24.9 Å². The minimum atomic E-state index is 1.00. The van der Waals surface area contributed by atoms with E-state index in [1.807, 2.05) is 23.5 Å². The molecule has 2 nitrogen and oxygen atoms in total. The Morgan fingerprint density at radius 2 is 2.21 bits per heavy atom. The molecule has 1 rings (SSSR count). The van der Waals surface area contributed by atoms with E-state index in [0.29, 0.717) is 0 Å². The number of amidine groups is 1. The van der Waals surface area contributed by atoms with E-state index < -0.39 is 0 Å². The van der Waals surface area contributed by atoms with E-state index in [2.05, 4.69) is 16.6 Å². The molecule has 0 fully saturated rings. The van der Waals surface area contributed by atoms with Crippen LogP contribution in [0.15, 0.2) is 4.99 Å². The molecule has 1 aliphatic rings. The van der Waals surface area contributed by atoms with Crippen molar-refractivity contribution >= 4 is 28.7 Å². The Morgan fingerprint density at radius 1 is 1.36 bits per heavy atom. The maximum Gasteiger partial charge on any atom is 0.156 e. The van der Waals surface area contributed by atoms with Crippen molar-refractivity contribution in [1.29, 1.82) is 0 Å². The Hall–Kier alpha value is 0.170. The highest BCUT2D eigenvalue weighted by atomic mass is 32.2. The van der Waals surface area contributed by atoms with Gasteiger partial charge in [0.25, 0.3) is 0 Å². The van der Waals surface area contributed by atoms with Crippen LogP contribution in [-0.4, -0.2) is 36.0 Å². The second-order valence-corrected chi connectivity index (χ2v) is 5.44. The smallest absolute Gasteiger partial charge is 0.156 e. The number of aliphatic imine (C=N–C) groups is 1. The van der Waals surface area contributed by atoms with Crippen LogP contribution in [0.5, 0.6) is 0 Å². The van der Waals surface area contributed by atoms with Crippen LogP contribution in [0, 0.1) is 0 Å². The fourth-order valence-electron chi connectivity index (χ4n) is 1.36. The van der Waals surface area contributed by atoms with E-state index in [-0.39, 0.29) is 0 Å². The van der Waals surface area contributed by atoms with Crippen LogP contribution in [-0.2, 0) is 0 Å². The number of nitrogens with zero attached hydrogens (tertiary/aromatic N) is 1. The zero-order valence-corrected chi connectivity index (χ0v) is 10.6. The van der Waals surface area contributed by atoms with Crippen LogP contribution < -0.4 is 5.32 Å². The molecule has 0 amide bonds. The molecule has 0 aliphatic carbocycles. The van der Waals surface area contributed by atoms with E-state index in [0.717, 1.165) is 24.0 Å². The molecule has 4 heteroatoms. The molecule has 0 bridgehead atoms. The normalized spacial score (nSPS) is 15.6. The second kappa shape index (κ2) is 8.48. The van der Waals surface area contributed by atoms with Gasteiger partial charge < -0.3 is 5.32 Å². The van der Waals surface area contributed by atoms with Crippen molar-refractivity contribution in [3.05, 3.63) is 0 Å². The molecule has 14 heavy (non-hydrogen) atoms. The summed E-state index contributed by atoms with van der Waals surface area (Å²) in [5.74, 6) is 2.48. The summed E-state index contributed by atoms with van der Waals surface area (Å²) in [6.45, 7) is 2.10. The lowest BCUT2D eigenvalue weighted by atomic mass is 10.2. The van der Waals surface area contributed by atoms with Crippen LogP contribution in [0.3, 0.4) is 0 Å². The monoisotopic (exact) mass is 232 g/mol. The van der Waals surface area contributed by atoms with Gasteiger partial charge in [0.2, 0.25) is 0 Å². The minimum absolute atomic E-state index is 1.00. The minimum Gasteiger partial charge on any atom is -0.365 e. The molecule has 0 aromatic carbocycles. The largest absolute Gasteiger partial charge is 0.365 e. The fourth-order valence-corrected chi connectivity index (χ4v) is 2.62. The zero-order chi connectivity index (χ0) is 10.1. The van der Waals surface area contributed by atoms with E-state index in [1.165, 1.54) is 31.4 Å². The van der Waals surface area contributed by atoms with Gasteiger partial charge in [0, 0.05) is 12.3 Å². The highest BCUT2D eigenvalue weighted by Crippen LogP contribution is 2.09. The topological polar surface area (TPSA) is 24.4 Å². The third-order valence-electron chi connectivity index (χ3n) is 2.14. The number of hydrogen-bond acceptors (Lipinski definition) is 4. The molecule has 1 heterocycles. The Bertz CT molecular complexity index is 172. The molecule has 0 unspecified atom stereocenters. The van der Waals surface area contributed by atoms with E-state index in [4.69, 9.17) is 0 Å². The quantitative estimate of drug-likeness (QED) is 0.683. The lowest BCUT2D eigenvalue weighted by Crippen LogP contribution is -2.19. The van der Waals surface area contributed by atoms with Crippen molar-refractivity contribution in [3.8, 4) is 0 Å². The van der Waals surface area contributed by atoms with Gasteiger partial charge >= 0.3 is 0 Å². The maximum absolute atomic E-state index is 4.35. The van der Waals surface area contributed by atoms with Crippen LogP contribution >= 0.6 is 23.5 Å². The third-order valence-corrected chi connectivity index (χ3v) is 3.77. The first-order valence-corrected chi connectivity index (χ1v) is 7.71. The molecule has 1 aliphatic heterocycles. The molecule has 0 spiro atoms. The number of thioether (sulfide) groups is 2. The van der Waals surface area contributed by atoms with E-state index in [1.54, 1.807) is 0 Å². The van der Waals surface area contributed by atoms with Crippen molar-refractivity contribution in [2.75, 3.05) is 30.9 Å². The van der Waals surface area contributed by atoms with Crippen molar-refractivity contribution in [2.24, 2.45) is 4.99 Å². The van der Waals surface area contributed by atoms with Gasteiger partial charge in [-0.1, -0.05) is 24.6 Å². The summed E-state index contributed by atoms with van der Waals surface area (Å²) in [6.07, 6.45) is 7.56. The lowest BCUT2D eigenvalue weighted by Gasteiger charge is -2.04. The average molecular weight is 232 g/mol. The predicted molar refractivity (Wildman–Crippen MR) is 69.6 cm³/mol. The summed E-state index contributed by atoms with van der Waals surface area (Å²) in [5, 5.41) is 4.54. The molecule has 82 valence electrons. The van der Waals surface area contributed by atoms with E-state index in [9.17, 15) is 0 Å². The van der Waals surface area contributed by atoms with Crippen molar-refractivity contribution in [2.45, 2.75) is 25.7 Å². The first kappa shape index (κ1) is 12.2. The number of rotatable bonds is 7. The first-order chi connectivity index (χ1) is 6.93. The Labute approximate surface area is 95.7 Å². The highest BCUT2D eigenvalue weighted by molar-refractivity contribution is 8.14. The summed E-state index contributed by atoms with van der Waals surface area (Å²) in [7, 11) is 0. The number of hydrogen-bond donors (Lipinski definition) is 1. The Morgan fingerprint density at radius 3 is 2.93 bits per heavy atom. The SMILES string of the molecule is CSCCCCCCNC1=NCCS1. The highest BCUT2D eigenvalue weighted by Gasteiger charge is 2.04. The maximum atomic E-state index is 4.35. The molecule has 0 aromatic rings. The van der Waals surface area contributed by atoms with Crippen molar-refractivity contribution < 1.29 is 0 Å². The molecule has 1 N–H and O–H groups in total. The lowest BCUT2D eigenvalue weighted by molar-refractivity contribution is 0.659. The predicted octanol–water partition coefficient (Wildman–Crippen LogP) is 2.60. The second-order valence-electron chi connectivity index (χ2n) is 3.37. The number of nitrogens with one attached hydrogen (secondary N) is 1. The standard InChI is InChI=1S/C10H20N2S2/c1-13-8-5-3-2-4-6-11-10-12-7-9-14-10/h2-9H2,1H3,(H,11,12). The summed E-state index contributed by atoms with van der Waals surface area (Å²) in [5.41, 5.74) is 0. The van der Waals surface area contributed by atoms with Gasteiger partial charge in [-0.25, -0.2) is 0 Å². The Kier molecular flexibility index (Phi) is 7.41. The number of unbranched alkanes of at least 4 members (excludes halogenated alkanes) is 3. The van der Waals surface area contributed by atoms with Crippen LogP contribution in [0.4, 0.5) is 0 Å². The summed E-state index contributed by atoms with van der Waals surface area (Å²) >= 11 is 3.80. The van der Waals surface area contributed by atoms with Crippen molar-refractivity contribution in [1.82, 2.24) is 5.32 Å². The third kappa shape index (κ3) is 5.81. The molecule has 0 radical (unpaired) electrons. The van der Waals surface area contributed by atoms with Crippen LogP contribution in [0.2, 0.25) is 0 Å². The van der Waals surface area contributed by atoms with Gasteiger partial charge in [-0.15, -0.1) is 0 Å². The average Bonchev–Trinajstić information content (AvgIpc) is 2.69. The molecule has 0 saturated carbocycles. The van der Waals surface area contributed by atoms with Gasteiger partial charge in [-0.2, -0.15) is 11.8 Å². The van der Waals surface area contributed by atoms with E-state index >= 15 is 0 Å². The summed E-state index contributed by atoms with van der Waals surface area (Å²) in [6, 6.07) is 0.